The highest BCUT2D eigenvalue weighted by molar-refractivity contribution is 8.13. The van der Waals surface area contributed by atoms with E-state index in [1.807, 2.05) is 44.4 Å². The maximum atomic E-state index is 11.6. The van der Waals surface area contributed by atoms with Gasteiger partial charge in [-0.2, -0.15) is 0 Å². The molecule has 0 aliphatic rings. The highest BCUT2D eigenvalue weighted by Gasteiger charge is 2.16. The number of allylic oxidation sites excluding steroid dienone is 1. The second-order valence-electron chi connectivity index (χ2n) is 5.40. The van der Waals surface area contributed by atoms with Gasteiger partial charge in [0.1, 0.15) is 5.60 Å². The smallest absolute Gasteiger partial charge is 0.412 e. The first-order chi connectivity index (χ1) is 9.76. The van der Waals surface area contributed by atoms with Gasteiger partial charge < -0.3 is 4.74 Å². The lowest BCUT2D eigenvalue weighted by atomic mass is 10.2. The standard InChI is InChI=1S/C15H21NO3S2/c1-11(17)20-8-6-5-7-12-9-13(21-10-12)16-14(18)19-15(2,3)4/h5,7,9-10H,6,8H2,1-4H3,(H,16,18). The van der Waals surface area contributed by atoms with E-state index in [1.165, 1.54) is 23.1 Å². The number of rotatable bonds is 5. The van der Waals surface area contributed by atoms with E-state index in [-0.39, 0.29) is 5.12 Å². The van der Waals surface area contributed by atoms with Crippen LogP contribution in [0.5, 0.6) is 0 Å². The third-order valence-corrected chi connectivity index (χ3v) is 3.85. The number of hydrogen-bond donors (Lipinski definition) is 1. The number of amides is 1. The van der Waals surface area contributed by atoms with Gasteiger partial charge in [0.2, 0.25) is 0 Å². The van der Waals surface area contributed by atoms with E-state index in [1.54, 1.807) is 6.92 Å². The molecule has 0 saturated heterocycles. The van der Waals surface area contributed by atoms with Gasteiger partial charge in [0, 0.05) is 18.1 Å². The number of carbonyl (C=O) groups excluding carboxylic acids is 2. The van der Waals surface area contributed by atoms with Crippen LogP contribution >= 0.6 is 23.1 Å². The molecule has 4 nitrogen and oxygen atoms in total. The first-order valence-electron chi connectivity index (χ1n) is 6.65. The summed E-state index contributed by atoms with van der Waals surface area (Å²) in [6.45, 7) is 7.05. The van der Waals surface area contributed by atoms with Crippen molar-refractivity contribution in [3.8, 4) is 0 Å². The highest BCUT2D eigenvalue weighted by atomic mass is 32.2. The number of thioether (sulfide) groups is 1. The zero-order valence-corrected chi connectivity index (χ0v) is 14.4. The minimum Gasteiger partial charge on any atom is -0.444 e. The lowest BCUT2D eigenvalue weighted by Crippen LogP contribution is -2.26. The Hall–Kier alpha value is -1.27. The fraction of sp³-hybridized carbons (Fsp3) is 0.467. The Labute approximate surface area is 134 Å². The molecule has 6 heteroatoms. The Morgan fingerprint density at radius 3 is 2.76 bits per heavy atom. The molecule has 1 rings (SSSR count). The molecule has 1 heterocycles. The summed E-state index contributed by atoms with van der Waals surface area (Å²) >= 11 is 2.77. The zero-order chi connectivity index (χ0) is 15.9. The van der Waals surface area contributed by atoms with Crippen molar-refractivity contribution < 1.29 is 14.3 Å². The van der Waals surface area contributed by atoms with Crippen LogP contribution < -0.4 is 5.32 Å². The molecule has 1 N–H and O–H groups in total. The summed E-state index contributed by atoms with van der Waals surface area (Å²) in [7, 11) is 0. The van der Waals surface area contributed by atoms with E-state index in [9.17, 15) is 9.59 Å². The van der Waals surface area contributed by atoms with Crippen molar-refractivity contribution in [2.24, 2.45) is 0 Å². The summed E-state index contributed by atoms with van der Waals surface area (Å²) in [6, 6.07) is 1.89. The fourth-order valence-corrected chi connectivity index (χ4v) is 2.70. The molecule has 0 atom stereocenters. The molecule has 1 amide bonds. The summed E-state index contributed by atoms with van der Waals surface area (Å²) in [4.78, 5) is 22.4. The number of carbonyl (C=O) groups is 2. The highest BCUT2D eigenvalue weighted by Crippen LogP contribution is 2.22. The van der Waals surface area contributed by atoms with Crippen LogP contribution in [0.1, 0.15) is 39.7 Å². The molecular weight excluding hydrogens is 306 g/mol. The fourth-order valence-electron chi connectivity index (χ4n) is 1.40. The SMILES string of the molecule is CC(=O)SCCC=Cc1csc(NC(=O)OC(C)(C)C)c1. The van der Waals surface area contributed by atoms with Crippen molar-refractivity contribution in [3.05, 3.63) is 23.1 Å². The van der Waals surface area contributed by atoms with Gasteiger partial charge >= 0.3 is 6.09 Å². The van der Waals surface area contributed by atoms with Crippen LogP contribution in [0.2, 0.25) is 0 Å². The Morgan fingerprint density at radius 1 is 1.43 bits per heavy atom. The molecule has 1 aromatic rings. The first-order valence-corrected chi connectivity index (χ1v) is 8.51. The average Bonchev–Trinajstić information content (AvgIpc) is 2.73. The van der Waals surface area contributed by atoms with E-state index in [0.29, 0.717) is 0 Å². The first kappa shape index (κ1) is 17.8. The third kappa shape index (κ3) is 8.57. The summed E-state index contributed by atoms with van der Waals surface area (Å²) in [5.41, 5.74) is 0.525. The van der Waals surface area contributed by atoms with Gasteiger partial charge in [-0.25, -0.2) is 4.79 Å². The monoisotopic (exact) mass is 327 g/mol. The maximum Gasteiger partial charge on any atom is 0.412 e. The minimum absolute atomic E-state index is 0.141. The molecule has 0 bridgehead atoms. The number of hydrogen-bond acceptors (Lipinski definition) is 5. The predicted molar refractivity (Wildman–Crippen MR) is 91.0 cm³/mol. The lowest BCUT2D eigenvalue weighted by molar-refractivity contribution is -0.109. The van der Waals surface area contributed by atoms with E-state index < -0.39 is 11.7 Å². The van der Waals surface area contributed by atoms with Crippen LogP contribution in [0.3, 0.4) is 0 Å². The van der Waals surface area contributed by atoms with E-state index in [2.05, 4.69) is 5.32 Å². The van der Waals surface area contributed by atoms with Gasteiger partial charge in [-0.1, -0.05) is 23.9 Å². The van der Waals surface area contributed by atoms with Crippen molar-refractivity contribution in [3.63, 3.8) is 0 Å². The number of thiophene rings is 1. The molecule has 0 aliphatic heterocycles. The van der Waals surface area contributed by atoms with Gasteiger partial charge in [-0.15, -0.1) is 11.3 Å². The normalized spacial score (nSPS) is 11.6. The number of nitrogens with one attached hydrogen (secondary N) is 1. The zero-order valence-electron chi connectivity index (χ0n) is 12.8. The molecule has 116 valence electrons. The minimum atomic E-state index is -0.502. The summed E-state index contributed by atoms with van der Waals surface area (Å²) < 4.78 is 5.19. The van der Waals surface area contributed by atoms with Crippen LogP contribution in [-0.2, 0) is 9.53 Å². The summed E-state index contributed by atoms with van der Waals surface area (Å²) in [5.74, 6) is 0.791. The molecule has 0 unspecified atom stereocenters. The molecule has 1 aromatic heterocycles. The van der Waals surface area contributed by atoms with E-state index >= 15 is 0 Å². The van der Waals surface area contributed by atoms with Crippen LogP contribution in [-0.4, -0.2) is 22.6 Å². The Bertz CT molecular complexity index is 515. The van der Waals surface area contributed by atoms with E-state index in [0.717, 1.165) is 22.7 Å². The summed E-state index contributed by atoms with van der Waals surface area (Å²) in [5, 5.41) is 5.56. The molecule has 0 radical (unpaired) electrons. The second-order valence-corrected chi connectivity index (χ2v) is 7.59. The van der Waals surface area contributed by atoms with Crippen LogP contribution in [0.4, 0.5) is 9.80 Å². The molecular formula is C15H21NO3S2. The molecule has 21 heavy (non-hydrogen) atoms. The molecule has 0 aliphatic carbocycles. The third-order valence-electron chi connectivity index (χ3n) is 2.14. The van der Waals surface area contributed by atoms with Gasteiger partial charge in [0.25, 0.3) is 0 Å². The van der Waals surface area contributed by atoms with Crippen molar-refractivity contribution >= 4 is 45.4 Å². The van der Waals surface area contributed by atoms with Gasteiger partial charge in [-0.05, 0) is 38.8 Å². The van der Waals surface area contributed by atoms with Crippen molar-refractivity contribution in [1.82, 2.24) is 0 Å². The molecule has 0 spiro atoms. The van der Waals surface area contributed by atoms with Crippen LogP contribution in [0.15, 0.2) is 17.5 Å². The van der Waals surface area contributed by atoms with Crippen molar-refractivity contribution in [1.29, 1.82) is 0 Å². The van der Waals surface area contributed by atoms with Crippen molar-refractivity contribution in [2.75, 3.05) is 11.1 Å². The molecule has 0 aromatic carbocycles. The second kappa shape index (κ2) is 8.24. The van der Waals surface area contributed by atoms with E-state index in [4.69, 9.17) is 4.74 Å². The Balaban J connectivity index is 2.41. The Morgan fingerprint density at radius 2 is 2.14 bits per heavy atom. The molecule has 0 saturated carbocycles. The largest absolute Gasteiger partial charge is 0.444 e. The predicted octanol–water partition coefficient (Wildman–Crippen LogP) is 4.78. The maximum absolute atomic E-state index is 11.6. The van der Waals surface area contributed by atoms with Gasteiger partial charge in [0.15, 0.2) is 5.12 Å². The quantitative estimate of drug-likeness (QED) is 0.791. The number of ether oxygens (including phenoxy) is 1. The summed E-state index contributed by atoms with van der Waals surface area (Å²) in [6.07, 6.45) is 4.40. The average molecular weight is 327 g/mol. The van der Waals surface area contributed by atoms with Crippen LogP contribution in [0, 0.1) is 0 Å². The van der Waals surface area contributed by atoms with Crippen LogP contribution in [0.25, 0.3) is 6.08 Å². The topological polar surface area (TPSA) is 55.4 Å². The Kier molecular flexibility index (Phi) is 6.98. The van der Waals surface area contributed by atoms with Gasteiger partial charge in [0.05, 0.1) is 5.00 Å². The van der Waals surface area contributed by atoms with Crippen molar-refractivity contribution in [2.45, 2.75) is 39.7 Å². The lowest BCUT2D eigenvalue weighted by Gasteiger charge is -2.19. The van der Waals surface area contributed by atoms with Gasteiger partial charge in [-0.3, -0.25) is 10.1 Å². The molecule has 0 fully saturated rings. The number of anilines is 1.